The Bertz CT molecular complexity index is 1320. The molecule has 0 spiro atoms. The Kier molecular flexibility index (Phi) is 10.5. The lowest BCUT2D eigenvalue weighted by molar-refractivity contribution is 0.269. The molecular weight excluding hydrogens is 534 g/mol. The predicted molar refractivity (Wildman–Crippen MR) is 163 cm³/mol. The number of hydrogen-bond donors (Lipinski definition) is 6. The van der Waals surface area contributed by atoms with Gasteiger partial charge in [-0.05, 0) is 16.7 Å². The molecular formula is C33H33N3O6. The second kappa shape index (κ2) is 14.7. The molecule has 0 saturated heterocycles. The molecule has 9 nitrogen and oxygen atoms in total. The summed E-state index contributed by atoms with van der Waals surface area (Å²) in [4.78, 5) is 13.2. The lowest BCUT2D eigenvalue weighted by Crippen LogP contribution is -2.05. The van der Waals surface area contributed by atoms with Gasteiger partial charge in [-0.2, -0.15) is 0 Å². The quantitative estimate of drug-likeness (QED) is 0.140. The molecule has 6 N–H and O–H groups in total. The minimum atomic E-state index is -0.679. The Morgan fingerprint density at radius 1 is 0.429 bits per heavy atom. The molecule has 9 heteroatoms. The van der Waals surface area contributed by atoms with E-state index in [2.05, 4.69) is 15.0 Å². The van der Waals surface area contributed by atoms with Crippen molar-refractivity contribution in [1.29, 1.82) is 0 Å². The third-order valence-corrected chi connectivity index (χ3v) is 6.75. The number of aliphatic hydroxyl groups is 3. The number of aliphatic hydroxyl groups excluding tert-OH is 3. The first-order chi connectivity index (χ1) is 20.5. The van der Waals surface area contributed by atoms with Crippen LogP contribution < -0.4 is 0 Å². The summed E-state index contributed by atoms with van der Waals surface area (Å²) in [6.07, 6.45) is 3.65. The van der Waals surface area contributed by atoms with Gasteiger partial charge in [-0.1, -0.05) is 91.0 Å². The summed E-state index contributed by atoms with van der Waals surface area (Å²) in [6, 6.07) is 25.1. The second-order valence-electron chi connectivity index (χ2n) is 9.45. The zero-order valence-corrected chi connectivity index (χ0v) is 22.8. The van der Waals surface area contributed by atoms with Crippen LogP contribution in [0.4, 0.5) is 0 Å². The Morgan fingerprint density at radius 2 is 0.667 bits per heavy atom. The van der Waals surface area contributed by atoms with Gasteiger partial charge < -0.3 is 30.6 Å². The molecule has 0 aliphatic heterocycles. The van der Waals surface area contributed by atoms with E-state index in [1.54, 1.807) is 72.8 Å². The minimum Gasteiger partial charge on any atom is -0.506 e. The van der Waals surface area contributed by atoms with Crippen molar-refractivity contribution in [3.8, 4) is 17.2 Å². The van der Waals surface area contributed by atoms with Gasteiger partial charge in [-0.15, -0.1) is 0 Å². The zero-order chi connectivity index (χ0) is 29.9. The first-order valence-electron chi connectivity index (χ1n) is 13.4. The van der Waals surface area contributed by atoms with E-state index in [-0.39, 0.29) is 36.5 Å². The molecule has 0 aliphatic rings. The molecule has 0 fully saturated rings. The number of phenolic OH excluding ortho intramolecular Hbond substituents is 3. The van der Waals surface area contributed by atoms with Crippen LogP contribution >= 0.6 is 0 Å². The fraction of sp³-hybridized carbons (Fsp3) is 0.182. The summed E-state index contributed by atoms with van der Waals surface area (Å²) < 4.78 is 0. The smallest absolute Gasteiger partial charge is 0.140 e. The largest absolute Gasteiger partial charge is 0.506 e. The molecule has 0 amide bonds. The predicted octanol–water partition coefficient (Wildman–Crippen LogP) is 4.26. The van der Waals surface area contributed by atoms with Crippen molar-refractivity contribution in [2.45, 2.75) is 18.1 Å². The van der Waals surface area contributed by atoms with Crippen molar-refractivity contribution in [2.75, 3.05) is 19.8 Å². The van der Waals surface area contributed by atoms with Gasteiger partial charge in [0.05, 0.1) is 54.6 Å². The Morgan fingerprint density at radius 3 is 0.881 bits per heavy atom. The standard InChI is InChI=1S/C33H33N3O6/c37-19-28(22-10-4-1-5-11-22)34-16-25-31(40)26(17-35-29(20-38)23-12-6-2-7-13-23)33(42)27(32(25)41)18-36-30(21-39)24-14-8-3-9-15-24/h1-18,28-30,37-42H,19-21H2/t28-,29-,30-/m1/s1. The number of aliphatic imine (C=N–C) groups is 3. The molecule has 0 saturated carbocycles. The van der Waals surface area contributed by atoms with Crippen molar-refractivity contribution in [2.24, 2.45) is 15.0 Å². The maximum atomic E-state index is 11.2. The van der Waals surface area contributed by atoms with E-state index in [9.17, 15) is 30.6 Å². The molecule has 216 valence electrons. The van der Waals surface area contributed by atoms with Crippen molar-refractivity contribution >= 4 is 18.6 Å². The number of aromatic hydroxyl groups is 3. The van der Waals surface area contributed by atoms with Gasteiger partial charge in [0.25, 0.3) is 0 Å². The van der Waals surface area contributed by atoms with Crippen molar-refractivity contribution in [1.82, 2.24) is 0 Å². The molecule has 4 aromatic carbocycles. The van der Waals surface area contributed by atoms with Gasteiger partial charge in [0.2, 0.25) is 0 Å². The third kappa shape index (κ3) is 7.08. The van der Waals surface area contributed by atoms with Gasteiger partial charge in [0, 0.05) is 18.6 Å². The number of hydrogen-bond acceptors (Lipinski definition) is 9. The second-order valence-corrected chi connectivity index (χ2v) is 9.45. The van der Waals surface area contributed by atoms with E-state index in [1.807, 2.05) is 18.2 Å². The maximum absolute atomic E-state index is 11.2. The number of rotatable bonds is 12. The van der Waals surface area contributed by atoms with E-state index in [1.165, 1.54) is 18.6 Å². The Labute approximate surface area is 243 Å². The molecule has 3 atom stereocenters. The van der Waals surface area contributed by atoms with Crippen molar-refractivity contribution in [3.05, 3.63) is 124 Å². The van der Waals surface area contributed by atoms with Crippen LogP contribution in [0.1, 0.15) is 51.5 Å². The fourth-order valence-corrected chi connectivity index (χ4v) is 4.37. The van der Waals surface area contributed by atoms with E-state index in [4.69, 9.17) is 0 Å². The highest BCUT2D eigenvalue weighted by molar-refractivity contribution is 6.03. The van der Waals surface area contributed by atoms with E-state index in [0.717, 1.165) is 16.7 Å². The SMILES string of the molecule is OC[C@@H](N=Cc1c(O)c(C=N[C@H](CO)c2ccccc2)c(O)c(C=N[C@H](CO)c2ccccc2)c1O)c1ccccc1. The molecule has 0 unspecified atom stereocenters. The topological polar surface area (TPSA) is 158 Å². The fourth-order valence-electron chi connectivity index (χ4n) is 4.37. The molecule has 0 radical (unpaired) electrons. The molecule has 4 aromatic rings. The van der Waals surface area contributed by atoms with Crippen molar-refractivity contribution in [3.63, 3.8) is 0 Å². The monoisotopic (exact) mass is 567 g/mol. The summed E-state index contributed by atoms with van der Waals surface area (Å²) in [5.74, 6) is -1.53. The average molecular weight is 568 g/mol. The lowest BCUT2D eigenvalue weighted by atomic mass is 10.0. The van der Waals surface area contributed by atoms with Gasteiger partial charge >= 0.3 is 0 Å². The summed E-state index contributed by atoms with van der Waals surface area (Å²) in [5.41, 5.74) is 1.77. The molecule has 0 aromatic heterocycles. The number of nitrogens with zero attached hydrogens (tertiary/aromatic N) is 3. The van der Waals surface area contributed by atoms with E-state index in [0.29, 0.717) is 0 Å². The molecule has 0 heterocycles. The van der Waals surface area contributed by atoms with Crippen LogP contribution in [-0.4, -0.2) is 69.1 Å². The number of phenols is 3. The van der Waals surface area contributed by atoms with E-state index < -0.39 is 35.4 Å². The summed E-state index contributed by atoms with van der Waals surface area (Å²) in [7, 11) is 0. The molecule has 0 bridgehead atoms. The number of benzene rings is 4. The summed E-state index contributed by atoms with van der Waals surface area (Å²) in [5, 5.41) is 63.4. The first-order valence-corrected chi connectivity index (χ1v) is 13.4. The minimum absolute atomic E-state index is 0.134. The van der Waals surface area contributed by atoms with Crippen LogP contribution in [0.3, 0.4) is 0 Å². The molecule has 4 rings (SSSR count). The van der Waals surface area contributed by atoms with Crippen LogP contribution in [0.5, 0.6) is 17.2 Å². The van der Waals surface area contributed by atoms with Gasteiger partial charge in [-0.3, -0.25) is 15.0 Å². The highest BCUT2D eigenvalue weighted by atomic mass is 16.3. The third-order valence-electron chi connectivity index (χ3n) is 6.75. The average Bonchev–Trinajstić information content (AvgIpc) is 3.03. The van der Waals surface area contributed by atoms with Crippen LogP contribution in [0, 0.1) is 0 Å². The molecule has 0 aliphatic carbocycles. The molecule has 42 heavy (non-hydrogen) atoms. The maximum Gasteiger partial charge on any atom is 0.140 e. The summed E-state index contributed by atoms with van der Waals surface area (Å²) in [6.45, 7) is -0.978. The highest BCUT2D eigenvalue weighted by Gasteiger charge is 2.22. The summed E-state index contributed by atoms with van der Waals surface area (Å²) >= 11 is 0. The highest BCUT2D eigenvalue weighted by Crippen LogP contribution is 2.40. The Hall–Kier alpha value is -4.83. The van der Waals surface area contributed by atoms with Crippen LogP contribution in [0.2, 0.25) is 0 Å². The zero-order valence-electron chi connectivity index (χ0n) is 22.8. The van der Waals surface area contributed by atoms with Crippen LogP contribution in [0.15, 0.2) is 106 Å². The Balaban J connectivity index is 1.81. The van der Waals surface area contributed by atoms with Crippen LogP contribution in [-0.2, 0) is 0 Å². The van der Waals surface area contributed by atoms with Gasteiger partial charge in [0.1, 0.15) is 17.2 Å². The lowest BCUT2D eigenvalue weighted by Gasteiger charge is -2.15. The normalized spacial score (nSPS) is 14.1. The van der Waals surface area contributed by atoms with Crippen LogP contribution in [0.25, 0.3) is 0 Å². The van der Waals surface area contributed by atoms with E-state index >= 15 is 0 Å². The van der Waals surface area contributed by atoms with Gasteiger partial charge in [-0.25, -0.2) is 0 Å². The first kappa shape index (κ1) is 30.1. The van der Waals surface area contributed by atoms with Crippen molar-refractivity contribution < 1.29 is 30.6 Å². The van der Waals surface area contributed by atoms with Gasteiger partial charge in [0.15, 0.2) is 0 Å².